The zero-order valence-corrected chi connectivity index (χ0v) is 10.6. The Labute approximate surface area is 105 Å². The molecule has 0 amide bonds. The minimum atomic E-state index is 0.155. The number of carbonyl (C=O) groups is 1. The molecule has 2 aromatic rings. The summed E-state index contributed by atoms with van der Waals surface area (Å²) >= 11 is 1.59. The van der Waals surface area contributed by atoms with Crippen molar-refractivity contribution >= 4 is 17.1 Å². The molecule has 0 radical (unpaired) electrons. The molecule has 0 saturated heterocycles. The predicted octanol–water partition coefficient (Wildman–Crippen LogP) is 4.11. The molecular weight excluding hydrogens is 228 g/mol. The van der Waals surface area contributed by atoms with E-state index in [1.807, 2.05) is 6.07 Å². The summed E-state index contributed by atoms with van der Waals surface area (Å²) in [5.74, 6) is 0.155. The normalized spacial score (nSPS) is 13.7. The Kier molecular flexibility index (Phi) is 2.60. The standard InChI is InChI=1S/C15H14OS/c1-10(16)14-7-8-15(17-14)13-6-5-11-3-2-4-12(11)9-13/h5-9H,2-4H2,1H3. The van der Waals surface area contributed by atoms with E-state index in [0.717, 1.165) is 4.88 Å². The number of aryl methyl sites for hydroxylation is 2. The van der Waals surface area contributed by atoms with Gasteiger partial charge in [-0.1, -0.05) is 18.2 Å². The molecule has 0 N–H and O–H groups in total. The number of carbonyl (C=O) groups excluding carboxylic acids is 1. The fraction of sp³-hybridized carbons (Fsp3) is 0.267. The second-order valence-corrected chi connectivity index (χ2v) is 5.64. The van der Waals surface area contributed by atoms with Crippen molar-refractivity contribution in [1.82, 2.24) is 0 Å². The Hall–Kier alpha value is -1.41. The average molecular weight is 242 g/mol. The fourth-order valence-electron chi connectivity index (χ4n) is 2.41. The van der Waals surface area contributed by atoms with Crippen LogP contribution in [0.3, 0.4) is 0 Å². The Morgan fingerprint density at radius 3 is 2.71 bits per heavy atom. The molecule has 1 aromatic heterocycles. The summed E-state index contributed by atoms with van der Waals surface area (Å²) in [6.45, 7) is 1.62. The number of thiophene rings is 1. The molecule has 0 unspecified atom stereocenters. The summed E-state index contributed by atoms with van der Waals surface area (Å²) < 4.78 is 0. The Morgan fingerprint density at radius 1 is 1.12 bits per heavy atom. The van der Waals surface area contributed by atoms with Crippen molar-refractivity contribution in [2.24, 2.45) is 0 Å². The molecule has 3 rings (SSSR count). The van der Waals surface area contributed by atoms with Gasteiger partial charge < -0.3 is 0 Å². The molecule has 1 nitrogen and oxygen atoms in total. The number of fused-ring (bicyclic) bond motifs is 1. The van der Waals surface area contributed by atoms with Crippen LogP contribution in [-0.2, 0) is 12.8 Å². The number of hydrogen-bond donors (Lipinski definition) is 0. The van der Waals surface area contributed by atoms with Crippen LogP contribution in [0.4, 0.5) is 0 Å². The fourth-order valence-corrected chi connectivity index (χ4v) is 3.30. The molecule has 0 bridgehead atoms. The smallest absolute Gasteiger partial charge is 0.169 e. The van der Waals surface area contributed by atoms with Gasteiger partial charge in [-0.3, -0.25) is 4.79 Å². The summed E-state index contributed by atoms with van der Waals surface area (Å²) in [7, 11) is 0. The number of ketones is 1. The van der Waals surface area contributed by atoms with Gasteiger partial charge in [0.1, 0.15) is 0 Å². The van der Waals surface area contributed by atoms with Crippen LogP contribution in [0.25, 0.3) is 10.4 Å². The first-order valence-electron chi connectivity index (χ1n) is 5.97. The Balaban J connectivity index is 2.00. The molecule has 0 saturated carbocycles. The molecule has 0 atom stereocenters. The highest BCUT2D eigenvalue weighted by atomic mass is 32.1. The first kappa shape index (κ1) is 10.7. The second-order valence-electron chi connectivity index (χ2n) is 4.56. The molecule has 1 heterocycles. The maximum Gasteiger partial charge on any atom is 0.169 e. The van der Waals surface area contributed by atoms with E-state index >= 15 is 0 Å². The van der Waals surface area contributed by atoms with Crippen LogP contribution in [0.5, 0.6) is 0 Å². The Morgan fingerprint density at radius 2 is 1.94 bits per heavy atom. The van der Waals surface area contributed by atoms with Gasteiger partial charge in [0.15, 0.2) is 5.78 Å². The van der Waals surface area contributed by atoms with Gasteiger partial charge in [-0.05, 0) is 55.0 Å². The van der Waals surface area contributed by atoms with Crippen molar-refractivity contribution in [2.75, 3.05) is 0 Å². The quantitative estimate of drug-likeness (QED) is 0.724. The summed E-state index contributed by atoms with van der Waals surface area (Å²) in [5, 5.41) is 0. The van der Waals surface area contributed by atoms with Gasteiger partial charge in [0, 0.05) is 4.88 Å². The van der Waals surface area contributed by atoms with Crippen LogP contribution in [0, 0.1) is 0 Å². The van der Waals surface area contributed by atoms with Crippen molar-refractivity contribution < 1.29 is 4.79 Å². The summed E-state index contributed by atoms with van der Waals surface area (Å²) in [6.07, 6.45) is 3.70. The predicted molar refractivity (Wildman–Crippen MR) is 71.8 cm³/mol. The summed E-state index contributed by atoms with van der Waals surface area (Å²) in [5.41, 5.74) is 4.24. The number of benzene rings is 1. The van der Waals surface area contributed by atoms with E-state index in [0.29, 0.717) is 0 Å². The molecule has 0 fully saturated rings. The third-order valence-corrected chi connectivity index (χ3v) is 4.57. The first-order chi connectivity index (χ1) is 8.24. The Bertz CT molecular complexity index is 580. The highest BCUT2D eigenvalue weighted by molar-refractivity contribution is 7.17. The van der Waals surface area contributed by atoms with Crippen molar-refractivity contribution in [1.29, 1.82) is 0 Å². The topological polar surface area (TPSA) is 17.1 Å². The molecule has 2 heteroatoms. The van der Waals surface area contributed by atoms with Gasteiger partial charge >= 0.3 is 0 Å². The van der Waals surface area contributed by atoms with Crippen LogP contribution < -0.4 is 0 Å². The van der Waals surface area contributed by atoms with E-state index in [4.69, 9.17) is 0 Å². The number of hydrogen-bond acceptors (Lipinski definition) is 2. The highest BCUT2D eigenvalue weighted by Crippen LogP contribution is 2.32. The molecule has 1 aliphatic rings. The SMILES string of the molecule is CC(=O)c1ccc(-c2ccc3c(c2)CCC3)s1. The van der Waals surface area contributed by atoms with E-state index in [1.165, 1.54) is 40.8 Å². The minimum Gasteiger partial charge on any atom is -0.294 e. The van der Waals surface area contributed by atoms with Crippen molar-refractivity contribution in [2.45, 2.75) is 26.2 Å². The minimum absolute atomic E-state index is 0.155. The van der Waals surface area contributed by atoms with E-state index in [-0.39, 0.29) is 5.78 Å². The van der Waals surface area contributed by atoms with Gasteiger partial charge in [0.2, 0.25) is 0 Å². The van der Waals surface area contributed by atoms with Gasteiger partial charge in [-0.15, -0.1) is 11.3 Å². The zero-order valence-electron chi connectivity index (χ0n) is 9.82. The maximum absolute atomic E-state index is 11.3. The third kappa shape index (κ3) is 1.93. The lowest BCUT2D eigenvalue weighted by Gasteiger charge is -2.02. The highest BCUT2D eigenvalue weighted by Gasteiger charge is 2.12. The average Bonchev–Trinajstić information content (AvgIpc) is 2.97. The third-order valence-electron chi connectivity index (χ3n) is 3.34. The van der Waals surface area contributed by atoms with Crippen molar-refractivity contribution in [3.05, 3.63) is 46.3 Å². The van der Waals surface area contributed by atoms with Gasteiger partial charge in [0.05, 0.1) is 4.88 Å². The van der Waals surface area contributed by atoms with Gasteiger partial charge in [-0.2, -0.15) is 0 Å². The van der Waals surface area contributed by atoms with Gasteiger partial charge in [-0.25, -0.2) is 0 Å². The number of Topliss-reactive ketones (excluding diaryl/α,β-unsaturated/α-hetero) is 1. The zero-order chi connectivity index (χ0) is 11.8. The van der Waals surface area contributed by atoms with Crippen LogP contribution in [0.2, 0.25) is 0 Å². The maximum atomic E-state index is 11.3. The lowest BCUT2D eigenvalue weighted by atomic mass is 10.1. The largest absolute Gasteiger partial charge is 0.294 e. The molecule has 1 aliphatic carbocycles. The molecule has 17 heavy (non-hydrogen) atoms. The lowest BCUT2D eigenvalue weighted by Crippen LogP contribution is -1.84. The monoisotopic (exact) mass is 242 g/mol. The molecule has 86 valence electrons. The van der Waals surface area contributed by atoms with Crippen LogP contribution >= 0.6 is 11.3 Å². The van der Waals surface area contributed by atoms with E-state index < -0.39 is 0 Å². The molecule has 0 spiro atoms. The van der Waals surface area contributed by atoms with E-state index in [1.54, 1.807) is 18.3 Å². The van der Waals surface area contributed by atoms with Crippen LogP contribution in [0.1, 0.15) is 34.1 Å². The number of rotatable bonds is 2. The summed E-state index contributed by atoms with van der Waals surface area (Å²) in [6, 6.07) is 10.7. The molecular formula is C15H14OS. The summed E-state index contributed by atoms with van der Waals surface area (Å²) in [4.78, 5) is 13.3. The van der Waals surface area contributed by atoms with Crippen molar-refractivity contribution in [3.8, 4) is 10.4 Å². The van der Waals surface area contributed by atoms with Gasteiger partial charge in [0.25, 0.3) is 0 Å². The first-order valence-corrected chi connectivity index (χ1v) is 6.78. The van der Waals surface area contributed by atoms with E-state index in [2.05, 4.69) is 24.3 Å². The molecule has 0 aliphatic heterocycles. The van der Waals surface area contributed by atoms with Crippen LogP contribution in [0.15, 0.2) is 30.3 Å². The second kappa shape index (κ2) is 4.11. The van der Waals surface area contributed by atoms with E-state index in [9.17, 15) is 4.79 Å². The lowest BCUT2D eigenvalue weighted by molar-refractivity contribution is 0.102. The van der Waals surface area contributed by atoms with Crippen LogP contribution in [-0.4, -0.2) is 5.78 Å². The van der Waals surface area contributed by atoms with Crippen molar-refractivity contribution in [3.63, 3.8) is 0 Å². The molecule has 1 aromatic carbocycles.